The third-order valence-electron chi connectivity index (χ3n) is 4.03. The summed E-state index contributed by atoms with van der Waals surface area (Å²) in [6.45, 7) is 0. The number of ether oxygens (including phenoxy) is 2. The lowest BCUT2D eigenvalue weighted by molar-refractivity contribution is -0.118. The largest absolute Gasteiger partial charge is 0.497 e. The van der Waals surface area contributed by atoms with Gasteiger partial charge in [-0.15, -0.1) is 10.2 Å². The number of nitrogens with one attached hydrogen (secondary N) is 1. The average molecular weight is 411 g/mol. The van der Waals surface area contributed by atoms with E-state index in [-0.39, 0.29) is 11.7 Å². The van der Waals surface area contributed by atoms with Gasteiger partial charge in [0.25, 0.3) is 5.91 Å². The fourth-order valence-electron chi connectivity index (χ4n) is 2.54. The summed E-state index contributed by atoms with van der Waals surface area (Å²) in [4.78, 5) is 12.1. The third kappa shape index (κ3) is 5.14. The summed E-state index contributed by atoms with van der Waals surface area (Å²) in [5, 5.41) is 13.0. The van der Waals surface area contributed by atoms with Crippen molar-refractivity contribution in [2.24, 2.45) is 12.1 Å². The lowest BCUT2D eigenvalue weighted by Gasteiger charge is -2.07. The number of aromatic nitrogens is 3. The van der Waals surface area contributed by atoms with Crippen LogP contribution in [-0.2, 0) is 11.8 Å². The van der Waals surface area contributed by atoms with Gasteiger partial charge >= 0.3 is 0 Å². The summed E-state index contributed by atoms with van der Waals surface area (Å²) >= 11 is 1.29. The second-order valence-electron chi connectivity index (χ2n) is 5.92. The second-order valence-corrected chi connectivity index (χ2v) is 6.86. The molecule has 0 saturated heterocycles. The van der Waals surface area contributed by atoms with Crippen molar-refractivity contribution in [2.75, 3.05) is 20.0 Å². The molecule has 0 radical (unpaired) electrons. The summed E-state index contributed by atoms with van der Waals surface area (Å²) in [5.74, 6) is 1.95. The van der Waals surface area contributed by atoms with Crippen LogP contribution < -0.4 is 14.9 Å². The van der Waals surface area contributed by atoms with E-state index in [1.807, 2.05) is 41.9 Å². The molecule has 1 amide bonds. The molecule has 1 aromatic heterocycles. The number of rotatable bonds is 8. The van der Waals surface area contributed by atoms with E-state index in [1.165, 1.54) is 18.0 Å². The van der Waals surface area contributed by atoms with Crippen LogP contribution in [0.15, 0.2) is 58.8 Å². The molecular formula is C20H21N5O3S. The van der Waals surface area contributed by atoms with Crippen LogP contribution in [0.2, 0.25) is 0 Å². The summed E-state index contributed by atoms with van der Waals surface area (Å²) < 4.78 is 12.3. The zero-order chi connectivity index (χ0) is 20.6. The zero-order valence-electron chi connectivity index (χ0n) is 16.3. The molecule has 0 atom stereocenters. The van der Waals surface area contributed by atoms with E-state index in [9.17, 15) is 4.79 Å². The standard InChI is InChI=1S/C20H21N5O3S/c1-25-19(14-7-5-4-6-8-14)23-24-20(25)29-13-18(26)22-21-12-15-9-10-16(27-2)11-17(15)28-3/h4-12H,13H2,1-3H3,(H,22,26). The van der Waals surface area contributed by atoms with Gasteiger partial charge in [-0.1, -0.05) is 42.1 Å². The van der Waals surface area contributed by atoms with Gasteiger partial charge in [0.2, 0.25) is 0 Å². The van der Waals surface area contributed by atoms with E-state index < -0.39 is 0 Å². The maximum Gasteiger partial charge on any atom is 0.250 e. The van der Waals surface area contributed by atoms with E-state index in [0.29, 0.717) is 16.7 Å². The van der Waals surface area contributed by atoms with Crippen molar-refractivity contribution in [2.45, 2.75) is 5.16 Å². The van der Waals surface area contributed by atoms with Crippen LogP contribution >= 0.6 is 11.8 Å². The molecule has 0 spiro atoms. The minimum absolute atomic E-state index is 0.165. The first-order valence-electron chi connectivity index (χ1n) is 8.74. The van der Waals surface area contributed by atoms with Gasteiger partial charge in [-0.3, -0.25) is 4.79 Å². The van der Waals surface area contributed by atoms with Crippen LogP contribution in [-0.4, -0.2) is 46.9 Å². The predicted molar refractivity (Wildman–Crippen MR) is 112 cm³/mol. The number of benzene rings is 2. The van der Waals surface area contributed by atoms with Crippen LogP contribution in [0.25, 0.3) is 11.4 Å². The normalized spacial score (nSPS) is 10.9. The summed E-state index contributed by atoms with van der Waals surface area (Å²) in [6, 6.07) is 15.1. The number of carbonyl (C=O) groups excluding carboxylic acids is 1. The van der Waals surface area contributed by atoms with E-state index in [0.717, 1.165) is 17.0 Å². The Labute approximate surface area is 172 Å². The number of hydrogen-bond donors (Lipinski definition) is 1. The zero-order valence-corrected chi connectivity index (χ0v) is 17.1. The monoisotopic (exact) mass is 411 g/mol. The molecule has 3 aromatic rings. The first-order chi connectivity index (χ1) is 14.1. The molecule has 0 saturated carbocycles. The van der Waals surface area contributed by atoms with Gasteiger partial charge in [0.1, 0.15) is 11.5 Å². The maximum atomic E-state index is 12.1. The molecule has 3 rings (SSSR count). The molecular weight excluding hydrogens is 390 g/mol. The predicted octanol–water partition coefficient (Wildman–Crippen LogP) is 2.74. The molecule has 8 nitrogen and oxygen atoms in total. The van der Waals surface area contributed by atoms with Gasteiger partial charge in [0.05, 0.1) is 26.2 Å². The lowest BCUT2D eigenvalue weighted by atomic mass is 10.2. The lowest BCUT2D eigenvalue weighted by Crippen LogP contribution is -2.20. The van der Waals surface area contributed by atoms with Crippen LogP contribution in [0, 0.1) is 0 Å². The Morgan fingerprint density at radius 3 is 2.69 bits per heavy atom. The van der Waals surface area contributed by atoms with Crippen LogP contribution in [0.5, 0.6) is 11.5 Å². The fourth-order valence-corrected chi connectivity index (χ4v) is 3.24. The van der Waals surface area contributed by atoms with Gasteiger partial charge in [0, 0.05) is 24.2 Å². The van der Waals surface area contributed by atoms with E-state index in [2.05, 4.69) is 20.7 Å². The summed E-state index contributed by atoms with van der Waals surface area (Å²) in [6.07, 6.45) is 1.52. The van der Waals surface area contributed by atoms with Gasteiger partial charge in [-0.25, -0.2) is 5.43 Å². The van der Waals surface area contributed by atoms with Gasteiger partial charge in [-0.2, -0.15) is 5.10 Å². The van der Waals surface area contributed by atoms with Gasteiger partial charge < -0.3 is 14.0 Å². The average Bonchev–Trinajstić information content (AvgIpc) is 3.13. The van der Waals surface area contributed by atoms with E-state index >= 15 is 0 Å². The number of hydrazone groups is 1. The Kier molecular flexibility index (Phi) is 6.85. The molecule has 1 heterocycles. The molecule has 2 aromatic carbocycles. The van der Waals surface area contributed by atoms with Crippen molar-refractivity contribution in [3.8, 4) is 22.9 Å². The van der Waals surface area contributed by atoms with E-state index in [1.54, 1.807) is 32.4 Å². The molecule has 150 valence electrons. The third-order valence-corrected chi connectivity index (χ3v) is 5.05. The fraction of sp³-hybridized carbons (Fsp3) is 0.200. The highest BCUT2D eigenvalue weighted by atomic mass is 32.2. The topological polar surface area (TPSA) is 90.6 Å². The minimum Gasteiger partial charge on any atom is -0.497 e. The SMILES string of the molecule is COc1ccc(C=NNC(=O)CSc2nnc(-c3ccccc3)n2C)c(OC)c1. The number of carbonyl (C=O) groups is 1. The summed E-state index contributed by atoms with van der Waals surface area (Å²) in [5.41, 5.74) is 4.20. The smallest absolute Gasteiger partial charge is 0.250 e. The van der Waals surface area contributed by atoms with E-state index in [4.69, 9.17) is 9.47 Å². The molecule has 0 aliphatic carbocycles. The minimum atomic E-state index is -0.247. The molecule has 0 aliphatic heterocycles. The highest BCUT2D eigenvalue weighted by molar-refractivity contribution is 7.99. The van der Waals surface area contributed by atoms with Crippen LogP contribution in [0.3, 0.4) is 0 Å². The molecule has 29 heavy (non-hydrogen) atoms. The Hall–Kier alpha value is -3.33. The van der Waals surface area contributed by atoms with Crippen molar-refractivity contribution < 1.29 is 14.3 Å². The first-order valence-corrected chi connectivity index (χ1v) is 9.72. The van der Waals surface area contributed by atoms with Crippen molar-refractivity contribution >= 4 is 23.9 Å². The Morgan fingerprint density at radius 1 is 1.17 bits per heavy atom. The highest BCUT2D eigenvalue weighted by Crippen LogP contribution is 2.23. The Morgan fingerprint density at radius 2 is 1.97 bits per heavy atom. The van der Waals surface area contributed by atoms with Crippen molar-refractivity contribution in [1.82, 2.24) is 20.2 Å². The Bertz CT molecular complexity index is 1000. The molecule has 1 N–H and O–H groups in total. The summed E-state index contributed by atoms with van der Waals surface area (Å²) in [7, 11) is 5.02. The molecule has 0 aliphatic rings. The molecule has 0 bridgehead atoms. The van der Waals surface area contributed by atoms with Gasteiger partial charge in [-0.05, 0) is 12.1 Å². The number of nitrogens with zero attached hydrogens (tertiary/aromatic N) is 4. The molecule has 0 unspecified atom stereocenters. The van der Waals surface area contributed by atoms with Crippen molar-refractivity contribution in [3.63, 3.8) is 0 Å². The Balaban J connectivity index is 1.56. The van der Waals surface area contributed by atoms with Gasteiger partial charge in [0.15, 0.2) is 11.0 Å². The van der Waals surface area contributed by atoms with Crippen molar-refractivity contribution in [3.05, 3.63) is 54.1 Å². The van der Waals surface area contributed by atoms with Crippen LogP contribution in [0.1, 0.15) is 5.56 Å². The number of methoxy groups -OCH3 is 2. The van der Waals surface area contributed by atoms with Crippen molar-refractivity contribution in [1.29, 1.82) is 0 Å². The maximum absolute atomic E-state index is 12.1. The molecule has 0 fully saturated rings. The highest BCUT2D eigenvalue weighted by Gasteiger charge is 2.12. The number of amides is 1. The first kappa shape index (κ1) is 20.4. The number of hydrogen-bond acceptors (Lipinski definition) is 7. The molecule has 9 heteroatoms. The number of thioether (sulfide) groups is 1. The quantitative estimate of drug-likeness (QED) is 0.348. The second kappa shape index (κ2) is 9.74. The van der Waals surface area contributed by atoms with Crippen LogP contribution in [0.4, 0.5) is 0 Å².